The minimum absolute atomic E-state index is 0.00338. The Morgan fingerprint density at radius 2 is 1.81 bits per heavy atom. The number of rotatable bonds is 6. The van der Waals surface area contributed by atoms with Crippen molar-refractivity contribution in [2.75, 3.05) is 7.11 Å². The average Bonchev–Trinajstić information content (AvgIpc) is 2.53. The average molecular weight is 305 g/mol. The van der Waals surface area contributed by atoms with Crippen LogP contribution in [0.25, 0.3) is 0 Å². The van der Waals surface area contributed by atoms with E-state index in [4.69, 9.17) is 10.5 Å². The number of thioether (sulfide) groups is 1. The molecule has 0 bridgehead atoms. The number of hydrogen-bond donors (Lipinski definition) is 1. The van der Waals surface area contributed by atoms with Crippen molar-refractivity contribution in [3.05, 3.63) is 59.9 Å². The fourth-order valence-corrected chi connectivity index (χ4v) is 3.43. The van der Waals surface area contributed by atoms with E-state index in [0.717, 1.165) is 22.6 Å². The van der Waals surface area contributed by atoms with Crippen LogP contribution in [0.5, 0.6) is 5.75 Å². The number of para-hydroxylation sites is 1. The van der Waals surface area contributed by atoms with E-state index in [1.807, 2.05) is 24.3 Å². The van der Waals surface area contributed by atoms with E-state index in [-0.39, 0.29) is 17.1 Å². The van der Waals surface area contributed by atoms with Gasteiger partial charge in [-0.25, -0.2) is 4.39 Å². The second-order valence-electron chi connectivity index (χ2n) is 4.81. The van der Waals surface area contributed by atoms with E-state index in [1.54, 1.807) is 31.0 Å². The van der Waals surface area contributed by atoms with Crippen LogP contribution in [0.4, 0.5) is 4.39 Å². The topological polar surface area (TPSA) is 35.2 Å². The number of methoxy groups -OCH3 is 1. The maximum absolute atomic E-state index is 13.0. The summed E-state index contributed by atoms with van der Waals surface area (Å²) >= 11 is 1.64. The lowest BCUT2D eigenvalue weighted by atomic mass is 10.0. The molecule has 0 aromatic heterocycles. The molecule has 2 unspecified atom stereocenters. The normalized spacial score (nSPS) is 13.7. The summed E-state index contributed by atoms with van der Waals surface area (Å²) in [4.78, 5) is 0.996. The summed E-state index contributed by atoms with van der Waals surface area (Å²) in [7, 11) is 1.66. The Morgan fingerprint density at radius 1 is 1.14 bits per heavy atom. The van der Waals surface area contributed by atoms with Crippen molar-refractivity contribution in [2.24, 2.45) is 5.73 Å². The first-order chi connectivity index (χ1) is 10.2. The lowest BCUT2D eigenvalue weighted by Gasteiger charge is -2.24. The van der Waals surface area contributed by atoms with Crippen LogP contribution in [0.3, 0.4) is 0 Å². The van der Waals surface area contributed by atoms with Crippen molar-refractivity contribution in [3.8, 4) is 5.75 Å². The van der Waals surface area contributed by atoms with E-state index in [9.17, 15) is 4.39 Å². The molecule has 0 amide bonds. The van der Waals surface area contributed by atoms with E-state index in [2.05, 4.69) is 6.92 Å². The molecule has 0 spiro atoms. The molecule has 2 rings (SSSR count). The van der Waals surface area contributed by atoms with Gasteiger partial charge in [0, 0.05) is 16.5 Å². The van der Waals surface area contributed by atoms with Crippen LogP contribution in [-0.4, -0.2) is 13.2 Å². The molecule has 2 N–H and O–H groups in total. The molecular formula is C17H20FNOS. The summed E-state index contributed by atoms with van der Waals surface area (Å²) in [6.07, 6.45) is 0.858. The molecule has 0 aliphatic rings. The summed E-state index contributed by atoms with van der Waals surface area (Å²) in [6.45, 7) is 2.07. The molecule has 0 fully saturated rings. The number of hydrogen-bond acceptors (Lipinski definition) is 3. The molecule has 2 nitrogen and oxygen atoms in total. The SMILES string of the molecule is CCC(N)C(Sc1ccc(F)cc1)c1ccccc1OC. The summed E-state index contributed by atoms with van der Waals surface area (Å²) < 4.78 is 18.5. The van der Waals surface area contributed by atoms with Crippen LogP contribution in [0.2, 0.25) is 0 Å². The van der Waals surface area contributed by atoms with Gasteiger partial charge < -0.3 is 10.5 Å². The monoisotopic (exact) mass is 305 g/mol. The third kappa shape index (κ3) is 3.99. The molecule has 0 saturated carbocycles. The quantitative estimate of drug-likeness (QED) is 0.803. The van der Waals surface area contributed by atoms with Crippen molar-refractivity contribution in [1.29, 1.82) is 0 Å². The number of benzene rings is 2. The van der Waals surface area contributed by atoms with E-state index < -0.39 is 0 Å². The molecule has 0 heterocycles. The molecule has 0 aliphatic carbocycles. The first-order valence-corrected chi connectivity index (χ1v) is 7.84. The summed E-state index contributed by atoms with van der Waals surface area (Å²) in [6, 6.07) is 14.4. The van der Waals surface area contributed by atoms with Gasteiger partial charge in [0.05, 0.1) is 12.4 Å². The molecular weight excluding hydrogens is 285 g/mol. The van der Waals surface area contributed by atoms with Crippen molar-refractivity contribution in [2.45, 2.75) is 29.5 Å². The third-order valence-corrected chi connectivity index (χ3v) is 4.78. The summed E-state index contributed by atoms with van der Waals surface area (Å²) in [5.41, 5.74) is 7.37. The van der Waals surface area contributed by atoms with Gasteiger partial charge in [-0.15, -0.1) is 11.8 Å². The third-order valence-electron chi connectivity index (χ3n) is 3.38. The molecule has 2 aromatic carbocycles. The van der Waals surface area contributed by atoms with Crippen molar-refractivity contribution in [3.63, 3.8) is 0 Å². The molecule has 21 heavy (non-hydrogen) atoms. The smallest absolute Gasteiger partial charge is 0.123 e. The van der Waals surface area contributed by atoms with Crippen LogP contribution in [0.15, 0.2) is 53.4 Å². The fraction of sp³-hybridized carbons (Fsp3) is 0.294. The molecule has 0 radical (unpaired) electrons. The summed E-state index contributed by atoms with van der Waals surface area (Å²) in [5, 5.41) is 0.0663. The Hall–Kier alpha value is -1.52. The second kappa shape index (κ2) is 7.48. The summed E-state index contributed by atoms with van der Waals surface area (Å²) in [5.74, 6) is 0.606. The minimum Gasteiger partial charge on any atom is -0.496 e. The first-order valence-electron chi connectivity index (χ1n) is 6.96. The van der Waals surface area contributed by atoms with Crippen LogP contribution in [0.1, 0.15) is 24.2 Å². The van der Waals surface area contributed by atoms with Crippen molar-refractivity contribution in [1.82, 2.24) is 0 Å². The molecule has 2 aromatic rings. The Balaban J connectivity index is 2.32. The zero-order valence-corrected chi connectivity index (χ0v) is 13.1. The highest BCUT2D eigenvalue weighted by Crippen LogP contribution is 2.41. The van der Waals surface area contributed by atoms with Gasteiger partial charge in [0.1, 0.15) is 11.6 Å². The van der Waals surface area contributed by atoms with Crippen LogP contribution >= 0.6 is 11.8 Å². The molecule has 2 atom stereocenters. The number of halogens is 1. The lowest BCUT2D eigenvalue weighted by molar-refractivity contribution is 0.407. The largest absolute Gasteiger partial charge is 0.496 e. The van der Waals surface area contributed by atoms with E-state index in [1.165, 1.54) is 12.1 Å². The number of ether oxygens (including phenoxy) is 1. The minimum atomic E-state index is -0.229. The second-order valence-corrected chi connectivity index (χ2v) is 6.02. The number of nitrogens with two attached hydrogens (primary N) is 1. The highest BCUT2D eigenvalue weighted by Gasteiger charge is 2.23. The van der Waals surface area contributed by atoms with Gasteiger partial charge in [0.15, 0.2) is 0 Å². The molecule has 0 saturated heterocycles. The Labute approximate surface area is 129 Å². The lowest BCUT2D eigenvalue weighted by Crippen LogP contribution is -2.26. The van der Waals surface area contributed by atoms with Gasteiger partial charge in [0.25, 0.3) is 0 Å². The van der Waals surface area contributed by atoms with E-state index in [0.29, 0.717) is 0 Å². The predicted molar refractivity (Wildman–Crippen MR) is 86.3 cm³/mol. The Bertz CT molecular complexity index is 573. The molecule has 112 valence electrons. The maximum atomic E-state index is 13.0. The highest BCUT2D eigenvalue weighted by molar-refractivity contribution is 7.99. The van der Waals surface area contributed by atoms with Crippen molar-refractivity contribution >= 4 is 11.8 Å². The zero-order chi connectivity index (χ0) is 15.2. The zero-order valence-electron chi connectivity index (χ0n) is 12.3. The van der Waals surface area contributed by atoms with Crippen molar-refractivity contribution < 1.29 is 9.13 Å². The molecule has 4 heteroatoms. The fourth-order valence-electron chi connectivity index (χ4n) is 2.16. The Morgan fingerprint density at radius 3 is 2.43 bits per heavy atom. The van der Waals surface area contributed by atoms with E-state index >= 15 is 0 Å². The predicted octanol–water partition coefficient (Wildman–Crippen LogP) is 4.41. The van der Waals surface area contributed by atoms with Crippen LogP contribution in [0, 0.1) is 5.82 Å². The Kier molecular flexibility index (Phi) is 5.65. The van der Waals surface area contributed by atoms with Gasteiger partial charge >= 0.3 is 0 Å². The first kappa shape index (κ1) is 15.9. The van der Waals surface area contributed by atoms with Gasteiger partial charge in [-0.1, -0.05) is 25.1 Å². The van der Waals surface area contributed by atoms with Crippen LogP contribution in [-0.2, 0) is 0 Å². The van der Waals surface area contributed by atoms with Gasteiger partial charge in [-0.2, -0.15) is 0 Å². The maximum Gasteiger partial charge on any atom is 0.123 e. The standard InChI is InChI=1S/C17H20FNOS/c1-3-15(19)17(14-6-4-5-7-16(14)20-2)21-13-10-8-12(18)9-11-13/h4-11,15,17H,3,19H2,1-2H3. The molecule has 0 aliphatic heterocycles. The van der Waals surface area contributed by atoms with Crippen LogP contribution < -0.4 is 10.5 Å². The van der Waals surface area contributed by atoms with Gasteiger partial charge in [-0.05, 0) is 36.8 Å². The highest BCUT2D eigenvalue weighted by atomic mass is 32.2. The van der Waals surface area contributed by atoms with Gasteiger partial charge in [0.2, 0.25) is 0 Å². The van der Waals surface area contributed by atoms with Gasteiger partial charge in [-0.3, -0.25) is 0 Å².